The summed E-state index contributed by atoms with van der Waals surface area (Å²) < 4.78 is 1.45. The predicted octanol–water partition coefficient (Wildman–Crippen LogP) is 2.42. The molecule has 0 aliphatic carbocycles. The van der Waals surface area contributed by atoms with E-state index >= 15 is 0 Å². The fourth-order valence-corrected chi connectivity index (χ4v) is 3.14. The van der Waals surface area contributed by atoms with Crippen molar-refractivity contribution < 1.29 is 4.48 Å². The molecule has 0 aromatic carbocycles. The fraction of sp³-hybridized carbons (Fsp3) is 1.00. The summed E-state index contributed by atoms with van der Waals surface area (Å²) >= 11 is 0. The van der Waals surface area contributed by atoms with Gasteiger partial charge in [0.05, 0.1) is 26.2 Å². The van der Waals surface area contributed by atoms with Crippen molar-refractivity contribution in [1.82, 2.24) is 0 Å². The fourth-order valence-electron chi connectivity index (χ4n) is 3.14. The molecule has 3 fully saturated rings. The van der Waals surface area contributed by atoms with Crippen LogP contribution in [-0.2, 0) is 0 Å². The van der Waals surface area contributed by atoms with E-state index in [2.05, 4.69) is 13.8 Å². The second-order valence-electron chi connectivity index (χ2n) is 4.93. The van der Waals surface area contributed by atoms with Gasteiger partial charge in [-0.05, 0) is 18.8 Å². The first-order valence-corrected chi connectivity index (χ1v) is 5.59. The number of quaternary nitrogens is 1. The Morgan fingerprint density at radius 1 is 1.00 bits per heavy atom. The molecule has 0 radical (unpaired) electrons. The van der Waals surface area contributed by atoms with Crippen LogP contribution in [0.15, 0.2) is 0 Å². The summed E-state index contributed by atoms with van der Waals surface area (Å²) in [5.41, 5.74) is 0.787. The predicted molar refractivity (Wildman–Crippen MR) is 52.0 cm³/mol. The highest BCUT2D eigenvalue weighted by Gasteiger charge is 2.46. The zero-order valence-corrected chi connectivity index (χ0v) is 8.60. The number of hydrogen-bond donors (Lipinski definition) is 0. The molecule has 2 bridgehead atoms. The summed E-state index contributed by atoms with van der Waals surface area (Å²) in [6, 6.07) is 0. The van der Waals surface area contributed by atoms with Crippen molar-refractivity contribution in [2.24, 2.45) is 5.41 Å². The maximum Gasteiger partial charge on any atom is 0.0792 e. The zero-order chi connectivity index (χ0) is 8.66. The number of fused-ring (bicyclic) bond motifs is 3. The molecule has 0 amide bonds. The quantitative estimate of drug-likeness (QED) is 0.555. The maximum absolute atomic E-state index is 2.39. The smallest absolute Gasteiger partial charge is 0.0792 e. The van der Waals surface area contributed by atoms with E-state index < -0.39 is 0 Å². The van der Waals surface area contributed by atoms with Gasteiger partial charge in [-0.1, -0.05) is 6.92 Å². The van der Waals surface area contributed by atoms with Crippen LogP contribution in [0.3, 0.4) is 0 Å². The van der Waals surface area contributed by atoms with Crippen LogP contribution in [-0.4, -0.2) is 30.7 Å². The van der Waals surface area contributed by atoms with Crippen LogP contribution in [0.1, 0.15) is 39.5 Å². The second-order valence-corrected chi connectivity index (χ2v) is 4.93. The highest BCUT2D eigenvalue weighted by atomic mass is 15.4. The van der Waals surface area contributed by atoms with Gasteiger partial charge in [0.2, 0.25) is 0 Å². The molecule has 0 atom stereocenters. The van der Waals surface area contributed by atoms with E-state index in [1.165, 1.54) is 56.3 Å². The minimum Gasteiger partial charge on any atom is -0.324 e. The molecule has 3 aliphatic heterocycles. The minimum absolute atomic E-state index is 0.787. The van der Waals surface area contributed by atoms with Crippen LogP contribution in [0.4, 0.5) is 0 Å². The first kappa shape index (κ1) is 8.55. The van der Waals surface area contributed by atoms with Crippen LogP contribution in [0.5, 0.6) is 0 Å². The lowest BCUT2D eigenvalue weighted by molar-refractivity contribution is -0.943. The molecule has 0 saturated carbocycles. The Morgan fingerprint density at radius 2 is 1.50 bits per heavy atom. The van der Waals surface area contributed by atoms with Gasteiger partial charge in [0, 0.05) is 19.3 Å². The third-order valence-electron chi connectivity index (χ3n) is 4.77. The monoisotopic (exact) mass is 168 g/mol. The van der Waals surface area contributed by atoms with Crippen LogP contribution < -0.4 is 0 Å². The van der Waals surface area contributed by atoms with E-state index in [1.54, 1.807) is 0 Å². The Labute approximate surface area is 76.3 Å². The summed E-state index contributed by atoms with van der Waals surface area (Å²) in [7, 11) is 0. The Bertz CT molecular complexity index is 129. The molecule has 0 unspecified atom stereocenters. The lowest BCUT2D eigenvalue weighted by Gasteiger charge is -2.54. The first-order chi connectivity index (χ1) is 5.74. The van der Waals surface area contributed by atoms with Crippen molar-refractivity contribution in [3.8, 4) is 0 Å². The molecule has 0 aromatic rings. The maximum atomic E-state index is 2.39. The van der Waals surface area contributed by atoms with Crippen molar-refractivity contribution in [3.05, 3.63) is 0 Å². The average Bonchev–Trinajstić information content (AvgIpc) is 2.21. The Kier molecular flexibility index (Phi) is 1.95. The molecular formula is C11H22N+. The van der Waals surface area contributed by atoms with E-state index in [1.807, 2.05) is 0 Å². The largest absolute Gasteiger partial charge is 0.324 e. The number of rotatable bonds is 2. The Hall–Kier alpha value is -0.0400. The normalized spacial score (nSPS) is 46.5. The molecule has 70 valence electrons. The lowest BCUT2D eigenvalue weighted by atomic mass is 9.69. The van der Waals surface area contributed by atoms with Gasteiger partial charge in [0.15, 0.2) is 0 Å². The number of hydrogen-bond acceptors (Lipinski definition) is 0. The van der Waals surface area contributed by atoms with Gasteiger partial charge in [-0.2, -0.15) is 0 Å². The molecule has 1 nitrogen and oxygen atoms in total. The average molecular weight is 168 g/mol. The van der Waals surface area contributed by atoms with Crippen LogP contribution in [0.2, 0.25) is 0 Å². The molecule has 3 rings (SSSR count). The topological polar surface area (TPSA) is 0 Å². The Morgan fingerprint density at radius 3 is 1.83 bits per heavy atom. The number of piperidine rings is 3. The van der Waals surface area contributed by atoms with Gasteiger partial charge < -0.3 is 4.48 Å². The molecule has 0 N–H and O–H groups in total. The molecule has 3 aliphatic rings. The van der Waals surface area contributed by atoms with Gasteiger partial charge in [-0.15, -0.1) is 0 Å². The molecule has 3 saturated heterocycles. The minimum atomic E-state index is 0.787. The lowest BCUT2D eigenvalue weighted by Crippen LogP contribution is -2.61. The summed E-state index contributed by atoms with van der Waals surface area (Å²) in [6.45, 7) is 10.6. The van der Waals surface area contributed by atoms with Gasteiger partial charge in [-0.25, -0.2) is 0 Å². The van der Waals surface area contributed by atoms with Crippen molar-refractivity contribution >= 4 is 0 Å². The SMILES string of the molecule is CCC12CC[N+](CC)(CC1)CC2. The van der Waals surface area contributed by atoms with Crippen LogP contribution >= 0.6 is 0 Å². The summed E-state index contributed by atoms with van der Waals surface area (Å²) in [5, 5.41) is 0. The molecule has 0 aromatic heterocycles. The highest BCUT2D eigenvalue weighted by Crippen LogP contribution is 2.45. The van der Waals surface area contributed by atoms with E-state index in [4.69, 9.17) is 0 Å². The standard InChI is InChI=1S/C11H22N/c1-3-11-5-8-12(4-2,9-6-11)10-7-11/h3-10H2,1-2H3/q+1. The van der Waals surface area contributed by atoms with Gasteiger partial charge in [-0.3, -0.25) is 0 Å². The molecule has 0 spiro atoms. The van der Waals surface area contributed by atoms with Gasteiger partial charge in [0.1, 0.15) is 0 Å². The Balaban J connectivity index is 2.09. The van der Waals surface area contributed by atoms with Crippen molar-refractivity contribution in [3.63, 3.8) is 0 Å². The van der Waals surface area contributed by atoms with Crippen molar-refractivity contribution in [2.45, 2.75) is 39.5 Å². The molecule has 12 heavy (non-hydrogen) atoms. The second kappa shape index (κ2) is 2.73. The van der Waals surface area contributed by atoms with Crippen molar-refractivity contribution in [2.75, 3.05) is 26.2 Å². The van der Waals surface area contributed by atoms with E-state index in [9.17, 15) is 0 Å². The zero-order valence-electron chi connectivity index (χ0n) is 8.60. The van der Waals surface area contributed by atoms with Crippen LogP contribution in [0.25, 0.3) is 0 Å². The summed E-state index contributed by atoms with van der Waals surface area (Å²) in [6.07, 6.45) is 5.96. The molecule has 3 heterocycles. The van der Waals surface area contributed by atoms with E-state index in [-0.39, 0.29) is 0 Å². The highest BCUT2D eigenvalue weighted by molar-refractivity contribution is 4.85. The summed E-state index contributed by atoms with van der Waals surface area (Å²) in [4.78, 5) is 0. The first-order valence-electron chi connectivity index (χ1n) is 5.59. The van der Waals surface area contributed by atoms with E-state index in [0.717, 1.165) is 5.41 Å². The van der Waals surface area contributed by atoms with Crippen LogP contribution in [0, 0.1) is 5.41 Å². The van der Waals surface area contributed by atoms with Crippen molar-refractivity contribution in [1.29, 1.82) is 0 Å². The summed E-state index contributed by atoms with van der Waals surface area (Å²) in [5.74, 6) is 0. The van der Waals surface area contributed by atoms with Gasteiger partial charge in [0.25, 0.3) is 0 Å². The van der Waals surface area contributed by atoms with Gasteiger partial charge >= 0.3 is 0 Å². The molecule has 1 heteroatoms. The third-order valence-corrected chi connectivity index (χ3v) is 4.77. The third kappa shape index (κ3) is 1.10. The number of nitrogens with zero attached hydrogens (tertiary/aromatic N) is 1. The molecular weight excluding hydrogens is 146 g/mol. The van der Waals surface area contributed by atoms with E-state index in [0.29, 0.717) is 0 Å².